The maximum absolute atomic E-state index is 8.53. The van der Waals surface area contributed by atoms with Crippen LogP contribution in [-0.2, 0) is 3.78 Å². The molecular formula is HGeO2Tl. The van der Waals surface area contributed by atoms with Crippen molar-refractivity contribution < 1.29 is 7.91 Å². The standard InChI is InChI=1S/GeHO2.Tl/c2-1-3;/h1H;/q-1;+1. The van der Waals surface area contributed by atoms with Gasteiger partial charge in [-0.2, -0.15) is 0 Å². The zero-order valence-electron chi connectivity index (χ0n) is 1.97. The fourth-order valence-corrected chi connectivity index (χ4v) is 0. The third kappa shape index (κ3) is 11.5. The molecule has 0 N–H and O–H groups in total. The molecule has 4 heavy (non-hydrogen) atoms. The van der Waals surface area contributed by atoms with E-state index in [1.807, 2.05) is 0 Å². The molecule has 0 aromatic rings. The average molecular weight is 310 g/mol. The third-order valence-corrected chi connectivity index (χ3v) is 0. The van der Waals surface area contributed by atoms with Gasteiger partial charge in [-0.1, -0.05) is 0 Å². The van der Waals surface area contributed by atoms with Crippen LogP contribution in [0.4, 0.5) is 0 Å². The minimum Gasteiger partial charge on any atom is 1.00 e. The Balaban J connectivity index is 0. The van der Waals surface area contributed by atoms with E-state index < -0.39 is 15.7 Å². The molecule has 0 aromatic heterocycles. The largest absolute Gasteiger partial charge is 1.00 e. The summed E-state index contributed by atoms with van der Waals surface area (Å²) in [6, 6.07) is 0. The molecule has 0 saturated carbocycles. The first kappa shape index (κ1) is 8.91. The Morgan fingerprint density at radius 3 is 1.75 bits per heavy atom. The minimum atomic E-state index is -2.19. The Kier molecular flexibility index (Phi) is 19.9. The van der Waals surface area contributed by atoms with E-state index in [2.05, 4.69) is 0 Å². The summed E-state index contributed by atoms with van der Waals surface area (Å²) in [5.41, 5.74) is 0. The molecule has 0 aliphatic heterocycles. The molecule has 0 aliphatic rings. The molecular weight excluding hydrogens is 309 g/mol. The molecule has 0 saturated heterocycles. The monoisotopic (exact) mass is 312 g/mol. The molecule has 0 atom stereocenters. The van der Waals surface area contributed by atoms with Gasteiger partial charge in [0.05, 0.1) is 0 Å². The molecule has 0 rings (SSSR count). The van der Waals surface area contributed by atoms with Gasteiger partial charge in [-0.3, -0.25) is 0 Å². The van der Waals surface area contributed by atoms with Crippen LogP contribution in [0.25, 0.3) is 0 Å². The van der Waals surface area contributed by atoms with Crippen LogP contribution in [0.3, 0.4) is 0 Å². The topological polar surface area (TPSA) is 40.1 Å². The maximum atomic E-state index is 8.53. The van der Waals surface area contributed by atoms with Gasteiger partial charge in [-0.05, 0) is 0 Å². The summed E-state index contributed by atoms with van der Waals surface area (Å²) in [5.74, 6) is 0. The zero-order chi connectivity index (χ0) is 2.71. The second-order valence-corrected chi connectivity index (χ2v) is 0.500. The molecule has 0 heterocycles. The minimum absolute atomic E-state index is 0. The first-order valence-corrected chi connectivity index (χ1v) is 2.45. The normalized spacial score (nSPS) is 3.00. The predicted octanol–water partition coefficient (Wildman–Crippen LogP) is -2.34. The Bertz CT molecular complexity index is 13.5. The molecule has 4 heteroatoms. The van der Waals surface area contributed by atoms with Crippen molar-refractivity contribution in [2.45, 2.75) is 0 Å². The van der Waals surface area contributed by atoms with E-state index in [1.54, 1.807) is 0 Å². The van der Waals surface area contributed by atoms with Crippen LogP contribution in [0.1, 0.15) is 0 Å². The fourth-order valence-electron chi connectivity index (χ4n) is 0. The SMILES string of the molecule is [O]=[GeH][O-].[Tl+]. The second-order valence-electron chi connectivity index (χ2n) is 0.0962. The van der Waals surface area contributed by atoms with Crippen LogP contribution >= 0.6 is 0 Å². The van der Waals surface area contributed by atoms with Crippen molar-refractivity contribution in [3.8, 4) is 0 Å². The van der Waals surface area contributed by atoms with E-state index in [4.69, 9.17) is 7.91 Å². The van der Waals surface area contributed by atoms with Gasteiger partial charge < -0.3 is 0 Å². The molecule has 0 unspecified atom stereocenters. The van der Waals surface area contributed by atoms with Crippen LogP contribution in [0.5, 0.6) is 0 Å². The Labute approximate surface area is 50.8 Å². The van der Waals surface area contributed by atoms with Gasteiger partial charge in [0.1, 0.15) is 0 Å². The molecule has 0 bridgehead atoms. The van der Waals surface area contributed by atoms with Crippen LogP contribution in [0.15, 0.2) is 0 Å². The number of hydrogen-bond donors (Lipinski definition) is 0. The average Bonchev–Trinajstić information content (AvgIpc) is 0.918. The van der Waals surface area contributed by atoms with E-state index in [0.717, 1.165) is 0 Å². The number of hydrogen-bond acceptors (Lipinski definition) is 2. The van der Waals surface area contributed by atoms with E-state index in [0.29, 0.717) is 0 Å². The van der Waals surface area contributed by atoms with Gasteiger partial charge in [0.2, 0.25) is 0 Å². The van der Waals surface area contributed by atoms with E-state index >= 15 is 0 Å². The van der Waals surface area contributed by atoms with E-state index in [1.165, 1.54) is 0 Å². The van der Waals surface area contributed by atoms with Crippen LogP contribution in [-0.4, -0.2) is 43.0 Å². The Hall–Kier alpha value is 1.06. The van der Waals surface area contributed by atoms with Crippen molar-refractivity contribution >= 4 is 43.0 Å². The van der Waals surface area contributed by atoms with Crippen molar-refractivity contribution in [1.82, 2.24) is 0 Å². The molecule has 0 aromatic carbocycles. The Morgan fingerprint density at radius 2 is 1.75 bits per heavy atom. The van der Waals surface area contributed by atoms with Gasteiger partial charge in [0, 0.05) is 0 Å². The van der Waals surface area contributed by atoms with Crippen LogP contribution in [0.2, 0.25) is 0 Å². The van der Waals surface area contributed by atoms with Gasteiger partial charge in [0.25, 0.3) is 0 Å². The first-order valence-electron chi connectivity index (χ1n) is 0.471. The molecule has 2 nitrogen and oxygen atoms in total. The predicted molar refractivity (Wildman–Crippen MR) is 13.6 cm³/mol. The van der Waals surface area contributed by atoms with Crippen molar-refractivity contribution in [1.29, 1.82) is 0 Å². The van der Waals surface area contributed by atoms with Crippen molar-refractivity contribution in [3.63, 3.8) is 0 Å². The third-order valence-electron chi connectivity index (χ3n) is 0. The quantitative estimate of drug-likeness (QED) is 0.471. The molecule has 0 radical (unpaired) electrons. The van der Waals surface area contributed by atoms with Crippen molar-refractivity contribution in [2.24, 2.45) is 0 Å². The van der Waals surface area contributed by atoms with E-state index in [-0.39, 0.29) is 27.3 Å². The molecule has 0 spiro atoms. The van der Waals surface area contributed by atoms with Gasteiger partial charge >= 0.3 is 50.9 Å². The molecule has 20 valence electrons. The Morgan fingerprint density at radius 1 is 1.75 bits per heavy atom. The second kappa shape index (κ2) is 8.96. The summed E-state index contributed by atoms with van der Waals surface area (Å²) in [6.45, 7) is 0. The van der Waals surface area contributed by atoms with Crippen LogP contribution < -0.4 is 4.13 Å². The summed E-state index contributed by atoms with van der Waals surface area (Å²) in [5, 5.41) is 0. The summed E-state index contributed by atoms with van der Waals surface area (Å²) in [4.78, 5) is 0. The van der Waals surface area contributed by atoms with Crippen molar-refractivity contribution in [2.75, 3.05) is 0 Å². The van der Waals surface area contributed by atoms with Crippen molar-refractivity contribution in [3.05, 3.63) is 0 Å². The summed E-state index contributed by atoms with van der Waals surface area (Å²) in [6.07, 6.45) is 0. The summed E-state index contributed by atoms with van der Waals surface area (Å²) < 4.78 is 17.1. The van der Waals surface area contributed by atoms with Gasteiger partial charge in [-0.25, -0.2) is 0 Å². The van der Waals surface area contributed by atoms with Crippen LogP contribution in [0, 0.1) is 0 Å². The summed E-state index contributed by atoms with van der Waals surface area (Å²) >= 11 is -2.19. The fraction of sp³-hybridized carbons (Fsp3) is 0. The van der Waals surface area contributed by atoms with Gasteiger partial charge in [-0.15, -0.1) is 0 Å². The molecule has 0 aliphatic carbocycles. The maximum Gasteiger partial charge on any atom is 1.00 e. The first-order chi connectivity index (χ1) is 1.41. The zero-order valence-corrected chi connectivity index (χ0v) is 8.88. The summed E-state index contributed by atoms with van der Waals surface area (Å²) in [7, 11) is 0. The van der Waals surface area contributed by atoms with E-state index in [9.17, 15) is 0 Å². The van der Waals surface area contributed by atoms with Gasteiger partial charge in [0.15, 0.2) is 0 Å². The number of rotatable bonds is 0. The smallest absolute Gasteiger partial charge is 1.00 e. The molecule has 0 amide bonds. The molecule has 0 fully saturated rings.